The average molecular weight is 265 g/mol. The smallest absolute Gasteiger partial charge is 0.225 e. The van der Waals surface area contributed by atoms with Crippen molar-refractivity contribution in [3.63, 3.8) is 0 Å². The molecule has 1 aliphatic rings. The van der Waals surface area contributed by atoms with Gasteiger partial charge >= 0.3 is 0 Å². The fraction of sp³-hybridized carbons (Fsp3) is 0.714. The molecule has 0 aliphatic carbocycles. The number of carbonyl (C=O) groups excluding carboxylic acids is 1. The normalized spacial score (nSPS) is 21.7. The number of rotatable bonds is 4. The second-order valence-corrected chi connectivity index (χ2v) is 5.65. The van der Waals surface area contributed by atoms with Gasteiger partial charge in [-0.2, -0.15) is 5.10 Å². The second-order valence-electron chi connectivity index (χ2n) is 5.65. The highest BCUT2D eigenvalue weighted by molar-refractivity contribution is 5.77. The Morgan fingerprint density at radius 2 is 2.37 bits per heavy atom. The third kappa shape index (κ3) is 3.35. The highest BCUT2D eigenvalue weighted by atomic mass is 16.3. The number of aliphatic hydroxyl groups excluding tert-OH is 1. The molecule has 106 valence electrons. The minimum absolute atomic E-state index is 0.0482. The maximum Gasteiger partial charge on any atom is 0.225 e. The molecule has 0 saturated carbocycles. The molecule has 5 nitrogen and oxygen atoms in total. The van der Waals surface area contributed by atoms with Crippen LogP contribution in [0.3, 0.4) is 0 Å². The standard InChI is InChI=1S/C14H23N3O2/c1-10(2)13(18)7-14(19)17-6-4-3-5-12(17)11-8-15-16-9-11/h8-10,12-13,18H,3-7H2,1-2H3,(H,15,16). The molecule has 1 amide bonds. The molecule has 0 spiro atoms. The molecule has 2 unspecified atom stereocenters. The summed E-state index contributed by atoms with van der Waals surface area (Å²) in [6, 6.07) is 0.111. The number of aromatic amines is 1. The van der Waals surface area contributed by atoms with Gasteiger partial charge in [0.05, 0.1) is 24.8 Å². The summed E-state index contributed by atoms with van der Waals surface area (Å²) in [4.78, 5) is 14.3. The third-order valence-corrected chi connectivity index (χ3v) is 3.88. The molecule has 1 aromatic heterocycles. The lowest BCUT2D eigenvalue weighted by Crippen LogP contribution is -2.40. The van der Waals surface area contributed by atoms with E-state index in [-0.39, 0.29) is 24.3 Å². The number of nitrogens with one attached hydrogen (secondary N) is 1. The first kappa shape index (κ1) is 14.1. The highest BCUT2D eigenvalue weighted by Crippen LogP contribution is 2.31. The van der Waals surface area contributed by atoms with E-state index in [1.54, 1.807) is 6.20 Å². The van der Waals surface area contributed by atoms with E-state index in [0.717, 1.165) is 31.4 Å². The van der Waals surface area contributed by atoms with Crippen molar-refractivity contribution in [3.8, 4) is 0 Å². The fourth-order valence-electron chi connectivity index (χ4n) is 2.55. The van der Waals surface area contributed by atoms with Gasteiger partial charge in [-0.3, -0.25) is 9.89 Å². The molecule has 2 atom stereocenters. The van der Waals surface area contributed by atoms with E-state index >= 15 is 0 Å². The largest absolute Gasteiger partial charge is 0.392 e. The van der Waals surface area contributed by atoms with Gasteiger partial charge in [-0.05, 0) is 25.2 Å². The SMILES string of the molecule is CC(C)C(O)CC(=O)N1CCCCC1c1cn[nH]c1. The monoisotopic (exact) mass is 265 g/mol. The average Bonchev–Trinajstić information content (AvgIpc) is 2.92. The van der Waals surface area contributed by atoms with Crippen molar-refractivity contribution >= 4 is 5.91 Å². The van der Waals surface area contributed by atoms with E-state index in [0.29, 0.717) is 0 Å². The van der Waals surface area contributed by atoms with Crippen LogP contribution in [0.15, 0.2) is 12.4 Å². The van der Waals surface area contributed by atoms with Crippen LogP contribution in [0.1, 0.15) is 51.1 Å². The first-order chi connectivity index (χ1) is 9.09. The summed E-state index contributed by atoms with van der Waals surface area (Å²) in [6.07, 6.45) is 6.45. The zero-order chi connectivity index (χ0) is 13.8. The molecule has 2 rings (SSSR count). The Kier molecular flexibility index (Phi) is 4.58. The molecule has 1 aliphatic heterocycles. The Labute approximate surface area is 114 Å². The lowest BCUT2D eigenvalue weighted by molar-refractivity contribution is -0.137. The summed E-state index contributed by atoms with van der Waals surface area (Å²) >= 11 is 0. The van der Waals surface area contributed by atoms with Gasteiger partial charge in [-0.1, -0.05) is 13.8 Å². The molecule has 0 aromatic carbocycles. The van der Waals surface area contributed by atoms with Crippen molar-refractivity contribution in [2.45, 2.75) is 51.7 Å². The Morgan fingerprint density at radius 1 is 1.58 bits per heavy atom. The lowest BCUT2D eigenvalue weighted by Gasteiger charge is -2.36. The lowest BCUT2D eigenvalue weighted by atomic mass is 9.96. The van der Waals surface area contributed by atoms with Crippen molar-refractivity contribution in [3.05, 3.63) is 18.0 Å². The van der Waals surface area contributed by atoms with Crippen LogP contribution in [0.5, 0.6) is 0 Å². The van der Waals surface area contributed by atoms with Crippen LogP contribution in [-0.2, 0) is 4.79 Å². The Balaban J connectivity index is 2.05. The van der Waals surface area contributed by atoms with Gasteiger partial charge in [0, 0.05) is 18.3 Å². The predicted molar refractivity (Wildman–Crippen MR) is 72.4 cm³/mol. The molecule has 19 heavy (non-hydrogen) atoms. The summed E-state index contributed by atoms with van der Waals surface area (Å²) in [5.74, 6) is 0.160. The topological polar surface area (TPSA) is 69.2 Å². The highest BCUT2D eigenvalue weighted by Gasteiger charge is 2.29. The van der Waals surface area contributed by atoms with Crippen LogP contribution in [0, 0.1) is 5.92 Å². The van der Waals surface area contributed by atoms with Crippen LogP contribution >= 0.6 is 0 Å². The zero-order valence-electron chi connectivity index (χ0n) is 11.7. The van der Waals surface area contributed by atoms with Crippen molar-refractivity contribution in [2.75, 3.05) is 6.54 Å². The molecule has 5 heteroatoms. The molecule has 1 fully saturated rings. The summed E-state index contributed by atoms with van der Waals surface area (Å²) in [7, 11) is 0. The van der Waals surface area contributed by atoms with Crippen molar-refractivity contribution in [1.29, 1.82) is 0 Å². The van der Waals surface area contributed by atoms with E-state index in [2.05, 4.69) is 10.2 Å². The van der Waals surface area contributed by atoms with Gasteiger partial charge in [-0.15, -0.1) is 0 Å². The van der Waals surface area contributed by atoms with Gasteiger partial charge in [0.2, 0.25) is 5.91 Å². The predicted octanol–water partition coefficient (Wildman–Crippen LogP) is 1.87. The number of H-pyrrole nitrogens is 1. The van der Waals surface area contributed by atoms with E-state index in [9.17, 15) is 9.90 Å². The second kappa shape index (κ2) is 6.19. The number of hydrogen-bond donors (Lipinski definition) is 2. The molecule has 1 saturated heterocycles. The number of piperidine rings is 1. The first-order valence-corrected chi connectivity index (χ1v) is 7.05. The van der Waals surface area contributed by atoms with E-state index in [1.807, 2.05) is 24.9 Å². The first-order valence-electron chi connectivity index (χ1n) is 7.05. The van der Waals surface area contributed by atoms with Crippen LogP contribution in [0.25, 0.3) is 0 Å². The van der Waals surface area contributed by atoms with Crippen molar-refractivity contribution in [2.24, 2.45) is 5.92 Å². The minimum Gasteiger partial charge on any atom is -0.392 e. The molecule has 2 N–H and O–H groups in total. The van der Waals surface area contributed by atoms with Crippen molar-refractivity contribution < 1.29 is 9.90 Å². The number of hydrogen-bond acceptors (Lipinski definition) is 3. The maximum atomic E-state index is 12.4. The van der Waals surface area contributed by atoms with E-state index in [1.165, 1.54) is 0 Å². The van der Waals surface area contributed by atoms with Crippen LogP contribution < -0.4 is 0 Å². The fourth-order valence-corrected chi connectivity index (χ4v) is 2.55. The van der Waals surface area contributed by atoms with Gasteiger partial charge in [0.1, 0.15) is 0 Å². The minimum atomic E-state index is -0.556. The van der Waals surface area contributed by atoms with Crippen LogP contribution in [0.2, 0.25) is 0 Å². The summed E-state index contributed by atoms with van der Waals surface area (Å²) in [5, 5.41) is 16.7. The van der Waals surface area contributed by atoms with Gasteiger partial charge in [-0.25, -0.2) is 0 Å². The Bertz CT molecular complexity index is 403. The maximum absolute atomic E-state index is 12.4. The molecule has 2 heterocycles. The summed E-state index contributed by atoms with van der Waals surface area (Å²) in [5.41, 5.74) is 1.06. The number of carbonyl (C=O) groups is 1. The molecule has 0 bridgehead atoms. The summed E-state index contributed by atoms with van der Waals surface area (Å²) < 4.78 is 0. The number of aliphatic hydroxyl groups is 1. The third-order valence-electron chi connectivity index (χ3n) is 3.88. The van der Waals surface area contributed by atoms with Crippen LogP contribution in [0.4, 0.5) is 0 Å². The Hall–Kier alpha value is -1.36. The van der Waals surface area contributed by atoms with E-state index in [4.69, 9.17) is 0 Å². The zero-order valence-corrected chi connectivity index (χ0v) is 11.7. The van der Waals surface area contributed by atoms with Crippen LogP contribution in [-0.4, -0.2) is 38.8 Å². The number of nitrogens with zero attached hydrogens (tertiary/aromatic N) is 2. The summed E-state index contributed by atoms with van der Waals surface area (Å²) in [6.45, 7) is 4.64. The molecule has 1 aromatic rings. The van der Waals surface area contributed by atoms with Gasteiger partial charge in [0.15, 0.2) is 0 Å². The molecular weight excluding hydrogens is 242 g/mol. The quantitative estimate of drug-likeness (QED) is 0.873. The number of likely N-dealkylation sites (tertiary alicyclic amines) is 1. The number of amides is 1. The van der Waals surface area contributed by atoms with Gasteiger partial charge < -0.3 is 10.0 Å². The number of aromatic nitrogens is 2. The molecule has 0 radical (unpaired) electrons. The van der Waals surface area contributed by atoms with Crippen molar-refractivity contribution in [1.82, 2.24) is 15.1 Å². The van der Waals surface area contributed by atoms with E-state index < -0.39 is 6.10 Å². The van der Waals surface area contributed by atoms with Gasteiger partial charge in [0.25, 0.3) is 0 Å². The Morgan fingerprint density at radius 3 is 3.00 bits per heavy atom. The molecular formula is C14H23N3O2.